The first-order valence-corrected chi connectivity index (χ1v) is 6.79. The Hall–Kier alpha value is -1.67. The second-order valence-electron chi connectivity index (χ2n) is 5.21. The van der Waals surface area contributed by atoms with Gasteiger partial charge in [-0.05, 0) is 18.6 Å². The standard InChI is InChI=1S/C14H16F3N2O3/c1-10-9-18(4-5-22-10)3-2-11-6-12(14(15,16)17)8-13(7-11)19(20)21/h2,6-8,10H,3-5,9H2,1H3. The van der Waals surface area contributed by atoms with Gasteiger partial charge >= 0.3 is 6.18 Å². The lowest BCUT2D eigenvalue weighted by Crippen LogP contribution is -2.41. The number of hydrogen-bond donors (Lipinski definition) is 0. The molecule has 1 heterocycles. The highest BCUT2D eigenvalue weighted by atomic mass is 19.4. The Balaban J connectivity index is 2.12. The van der Waals surface area contributed by atoms with Crippen LogP contribution in [0.15, 0.2) is 18.2 Å². The molecule has 1 unspecified atom stereocenters. The monoisotopic (exact) mass is 317 g/mol. The van der Waals surface area contributed by atoms with Crippen LogP contribution in [0.3, 0.4) is 0 Å². The van der Waals surface area contributed by atoms with Crippen molar-refractivity contribution in [2.45, 2.75) is 19.2 Å². The zero-order chi connectivity index (χ0) is 16.3. The van der Waals surface area contributed by atoms with E-state index in [1.165, 1.54) is 0 Å². The lowest BCUT2D eigenvalue weighted by atomic mass is 10.1. The van der Waals surface area contributed by atoms with Gasteiger partial charge in [0.15, 0.2) is 0 Å². The number of nitro groups is 1. The molecular weight excluding hydrogens is 301 g/mol. The van der Waals surface area contributed by atoms with E-state index in [-0.39, 0.29) is 11.7 Å². The van der Waals surface area contributed by atoms with Gasteiger partial charge in [-0.25, -0.2) is 0 Å². The summed E-state index contributed by atoms with van der Waals surface area (Å²) in [4.78, 5) is 12.0. The lowest BCUT2D eigenvalue weighted by Gasteiger charge is -2.30. The number of alkyl halides is 3. The smallest absolute Gasteiger partial charge is 0.376 e. The highest BCUT2D eigenvalue weighted by molar-refractivity contribution is 5.43. The van der Waals surface area contributed by atoms with Gasteiger partial charge in [0.2, 0.25) is 0 Å². The van der Waals surface area contributed by atoms with Gasteiger partial charge in [0.05, 0.1) is 23.2 Å². The second kappa shape index (κ2) is 6.62. The number of nitrogens with zero attached hydrogens (tertiary/aromatic N) is 2. The maximum absolute atomic E-state index is 12.8. The first-order chi connectivity index (χ1) is 10.3. The van der Waals surface area contributed by atoms with Gasteiger partial charge in [-0.3, -0.25) is 15.0 Å². The molecule has 5 nitrogen and oxygen atoms in total. The minimum Gasteiger partial charge on any atom is -0.376 e. The van der Waals surface area contributed by atoms with Crippen LogP contribution >= 0.6 is 0 Å². The zero-order valence-corrected chi connectivity index (χ0v) is 12.0. The fourth-order valence-electron chi connectivity index (χ4n) is 2.31. The van der Waals surface area contributed by atoms with Gasteiger partial charge in [0, 0.05) is 38.2 Å². The van der Waals surface area contributed by atoms with E-state index < -0.39 is 22.4 Å². The van der Waals surface area contributed by atoms with Crippen LogP contribution in [0.2, 0.25) is 0 Å². The average Bonchev–Trinajstić information content (AvgIpc) is 2.44. The first-order valence-electron chi connectivity index (χ1n) is 6.79. The van der Waals surface area contributed by atoms with Crippen molar-refractivity contribution in [3.05, 3.63) is 45.9 Å². The third-order valence-electron chi connectivity index (χ3n) is 3.39. The Morgan fingerprint density at radius 2 is 2.18 bits per heavy atom. The number of halogens is 3. The predicted octanol–water partition coefficient (Wildman–Crippen LogP) is 2.89. The largest absolute Gasteiger partial charge is 0.416 e. The van der Waals surface area contributed by atoms with Crippen molar-refractivity contribution in [1.29, 1.82) is 0 Å². The molecule has 1 aliphatic rings. The molecule has 1 aromatic rings. The molecule has 1 fully saturated rings. The van der Waals surface area contributed by atoms with Crippen molar-refractivity contribution in [1.82, 2.24) is 4.90 Å². The summed E-state index contributed by atoms with van der Waals surface area (Å²) < 4.78 is 43.8. The number of ether oxygens (including phenoxy) is 1. The minimum atomic E-state index is -4.61. The van der Waals surface area contributed by atoms with Crippen molar-refractivity contribution < 1.29 is 22.8 Å². The van der Waals surface area contributed by atoms with E-state index in [4.69, 9.17) is 4.74 Å². The SMILES string of the molecule is CC1CN(C[CH]c2cc([N+](=O)[O-])cc(C(F)(F)F)c2)CCO1. The number of morpholine rings is 1. The highest BCUT2D eigenvalue weighted by Crippen LogP contribution is 2.33. The van der Waals surface area contributed by atoms with Crippen LogP contribution in [0, 0.1) is 16.5 Å². The van der Waals surface area contributed by atoms with Crippen molar-refractivity contribution in [3.8, 4) is 0 Å². The van der Waals surface area contributed by atoms with E-state index in [0.717, 1.165) is 12.1 Å². The first kappa shape index (κ1) is 16.7. The summed E-state index contributed by atoms with van der Waals surface area (Å²) in [5, 5.41) is 10.8. The third kappa shape index (κ3) is 4.41. The summed E-state index contributed by atoms with van der Waals surface area (Å²) in [7, 11) is 0. The number of hydrogen-bond acceptors (Lipinski definition) is 4. The number of nitro benzene ring substituents is 1. The van der Waals surface area contributed by atoms with Crippen LogP contribution in [0.4, 0.5) is 18.9 Å². The highest BCUT2D eigenvalue weighted by Gasteiger charge is 2.32. The molecular formula is C14H16F3N2O3. The van der Waals surface area contributed by atoms with Crippen LogP contribution in [0.5, 0.6) is 0 Å². The van der Waals surface area contributed by atoms with Crippen LogP contribution in [0.25, 0.3) is 0 Å². The van der Waals surface area contributed by atoms with Gasteiger partial charge in [-0.1, -0.05) is 0 Å². The summed E-state index contributed by atoms with van der Waals surface area (Å²) in [6.45, 7) is 4.27. The van der Waals surface area contributed by atoms with E-state index in [2.05, 4.69) is 0 Å². The molecule has 1 aliphatic heterocycles. The van der Waals surface area contributed by atoms with E-state index >= 15 is 0 Å². The van der Waals surface area contributed by atoms with E-state index in [1.807, 2.05) is 11.8 Å². The van der Waals surface area contributed by atoms with Crippen LogP contribution < -0.4 is 0 Å². The van der Waals surface area contributed by atoms with Gasteiger partial charge in [-0.2, -0.15) is 13.2 Å². The summed E-state index contributed by atoms with van der Waals surface area (Å²) >= 11 is 0. The molecule has 22 heavy (non-hydrogen) atoms. The topological polar surface area (TPSA) is 55.6 Å². The molecule has 1 aromatic carbocycles. The zero-order valence-electron chi connectivity index (χ0n) is 12.0. The molecule has 0 saturated carbocycles. The fraction of sp³-hybridized carbons (Fsp3) is 0.500. The Bertz CT molecular complexity index is 549. The second-order valence-corrected chi connectivity index (χ2v) is 5.21. The molecule has 0 N–H and O–H groups in total. The molecule has 0 spiro atoms. The maximum atomic E-state index is 12.8. The average molecular weight is 317 g/mol. The van der Waals surface area contributed by atoms with Crippen LogP contribution in [-0.4, -0.2) is 42.2 Å². The summed E-state index contributed by atoms with van der Waals surface area (Å²) in [6, 6.07) is 2.63. The molecule has 8 heteroatoms. The molecule has 0 amide bonds. The van der Waals surface area contributed by atoms with E-state index in [9.17, 15) is 23.3 Å². The summed E-state index contributed by atoms with van der Waals surface area (Å²) in [5.41, 5.74) is -1.37. The van der Waals surface area contributed by atoms with Crippen molar-refractivity contribution in [2.24, 2.45) is 0 Å². The van der Waals surface area contributed by atoms with Gasteiger partial charge < -0.3 is 4.74 Å². The minimum absolute atomic E-state index is 0.0676. The molecule has 1 saturated heterocycles. The predicted molar refractivity (Wildman–Crippen MR) is 73.4 cm³/mol. The molecule has 121 valence electrons. The molecule has 0 bridgehead atoms. The number of rotatable bonds is 4. The third-order valence-corrected chi connectivity index (χ3v) is 3.39. The van der Waals surface area contributed by atoms with Crippen molar-refractivity contribution in [3.63, 3.8) is 0 Å². The molecule has 1 atom stereocenters. The van der Waals surface area contributed by atoms with Crippen LogP contribution in [0.1, 0.15) is 18.1 Å². The fourth-order valence-corrected chi connectivity index (χ4v) is 2.31. The van der Waals surface area contributed by atoms with E-state index in [0.29, 0.717) is 32.3 Å². The molecule has 0 aromatic heterocycles. The summed E-state index contributed by atoms with van der Waals surface area (Å²) in [5.74, 6) is 0. The lowest BCUT2D eigenvalue weighted by molar-refractivity contribution is -0.385. The Kier molecular flexibility index (Phi) is 5.02. The normalized spacial score (nSPS) is 20.1. The quantitative estimate of drug-likeness (QED) is 0.633. The molecule has 2 rings (SSSR count). The molecule has 1 radical (unpaired) electrons. The number of benzene rings is 1. The Morgan fingerprint density at radius 3 is 2.77 bits per heavy atom. The molecule has 0 aliphatic carbocycles. The van der Waals surface area contributed by atoms with Crippen molar-refractivity contribution >= 4 is 5.69 Å². The Morgan fingerprint density at radius 1 is 1.45 bits per heavy atom. The van der Waals surface area contributed by atoms with Gasteiger partial charge in [0.1, 0.15) is 0 Å². The van der Waals surface area contributed by atoms with Crippen LogP contribution in [-0.2, 0) is 10.9 Å². The van der Waals surface area contributed by atoms with E-state index in [1.54, 1.807) is 6.42 Å². The maximum Gasteiger partial charge on any atom is 0.416 e. The summed E-state index contributed by atoms with van der Waals surface area (Å²) in [6.07, 6.45) is -2.97. The van der Waals surface area contributed by atoms with Gasteiger partial charge in [0.25, 0.3) is 5.69 Å². The van der Waals surface area contributed by atoms with Gasteiger partial charge in [-0.15, -0.1) is 0 Å². The van der Waals surface area contributed by atoms with Crippen molar-refractivity contribution in [2.75, 3.05) is 26.2 Å². The Labute approximate surface area is 125 Å². The number of non-ortho nitro benzene ring substituents is 1.